The number of hydrogen-bond acceptors (Lipinski definition) is 3. The van der Waals surface area contributed by atoms with Crippen molar-refractivity contribution in [2.24, 2.45) is 0 Å². The Morgan fingerprint density at radius 3 is 2.94 bits per heavy atom. The average Bonchev–Trinajstić information content (AvgIpc) is 3.13. The Balaban J connectivity index is 2.25. The first kappa shape index (κ1) is 12.2. The molecular formula is C12H14ClNO3. The van der Waals surface area contributed by atoms with Crippen molar-refractivity contribution in [3.63, 3.8) is 0 Å². The fourth-order valence-corrected chi connectivity index (χ4v) is 1.60. The zero-order chi connectivity index (χ0) is 12.4. The highest BCUT2D eigenvalue weighted by atomic mass is 35.5. The van der Waals surface area contributed by atoms with E-state index in [0.29, 0.717) is 22.9 Å². The first-order valence-electron chi connectivity index (χ1n) is 5.38. The summed E-state index contributed by atoms with van der Waals surface area (Å²) in [5, 5.41) is 3.12. The third-order valence-electron chi connectivity index (χ3n) is 2.56. The third kappa shape index (κ3) is 2.90. The molecule has 5 heteroatoms. The SMILES string of the molecule is CNC(=O)c1cc(Cl)c(C)cc1OC[C@@H]1CO1. The minimum Gasteiger partial charge on any atom is -0.490 e. The molecule has 0 aliphatic carbocycles. The van der Waals surface area contributed by atoms with Gasteiger partial charge in [0, 0.05) is 12.1 Å². The summed E-state index contributed by atoms with van der Waals surface area (Å²) in [5.41, 5.74) is 1.33. The van der Waals surface area contributed by atoms with Crippen molar-refractivity contribution in [1.82, 2.24) is 5.32 Å². The highest BCUT2D eigenvalue weighted by Gasteiger charge is 2.24. The van der Waals surface area contributed by atoms with Crippen molar-refractivity contribution in [2.45, 2.75) is 13.0 Å². The maximum absolute atomic E-state index is 11.7. The Morgan fingerprint density at radius 2 is 2.35 bits per heavy atom. The fourth-order valence-electron chi connectivity index (χ4n) is 1.43. The Hall–Kier alpha value is -1.26. The highest BCUT2D eigenvalue weighted by Crippen LogP contribution is 2.27. The molecular weight excluding hydrogens is 242 g/mol. The van der Waals surface area contributed by atoms with Crippen molar-refractivity contribution in [3.8, 4) is 5.75 Å². The first-order chi connectivity index (χ1) is 8.11. The number of amides is 1. The topological polar surface area (TPSA) is 50.9 Å². The summed E-state index contributed by atoms with van der Waals surface area (Å²) in [5.74, 6) is 0.334. The largest absolute Gasteiger partial charge is 0.490 e. The van der Waals surface area contributed by atoms with Crippen LogP contribution in [0, 0.1) is 6.92 Å². The van der Waals surface area contributed by atoms with Crippen LogP contribution in [0.2, 0.25) is 5.02 Å². The molecule has 1 aliphatic rings. The number of rotatable bonds is 4. The summed E-state index contributed by atoms with van der Waals surface area (Å²) >= 11 is 6.00. The highest BCUT2D eigenvalue weighted by molar-refractivity contribution is 6.31. The van der Waals surface area contributed by atoms with E-state index in [9.17, 15) is 4.79 Å². The summed E-state index contributed by atoms with van der Waals surface area (Å²) < 4.78 is 10.6. The van der Waals surface area contributed by atoms with Gasteiger partial charge in [-0.2, -0.15) is 0 Å². The summed E-state index contributed by atoms with van der Waals surface area (Å²) in [7, 11) is 1.57. The van der Waals surface area contributed by atoms with Crippen LogP contribution in [0.1, 0.15) is 15.9 Å². The molecule has 17 heavy (non-hydrogen) atoms. The lowest BCUT2D eigenvalue weighted by molar-refractivity contribution is 0.0958. The standard InChI is InChI=1S/C12H14ClNO3/c1-7-3-11(17-6-8-5-16-8)9(4-10(7)13)12(15)14-2/h3-4,8H,5-6H2,1-2H3,(H,14,15)/t8-/m0/s1. The second-order valence-corrected chi connectivity index (χ2v) is 4.35. The van der Waals surface area contributed by atoms with Gasteiger partial charge in [-0.05, 0) is 24.6 Å². The smallest absolute Gasteiger partial charge is 0.254 e. The lowest BCUT2D eigenvalue weighted by Crippen LogP contribution is -2.19. The second kappa shape index (κ2) is 4.94. The van der Waals surface area contributed by atoms with E-state index in [1.54, 1.807) is 19.2 Å². The van der Waals surface area contributed by atoms with Gasteiger partial charge in [0.1, 0.15) is 18.5 Å². The Bertz CT molecular complexity index is 444. The number of halogens is 1. The number of aryl methyl sites for hydroxylation is 1. The molecule has 1 amide bonds. The van der Waals surface area contributed by atoms with E-state index in [-0.39, 0.29) is 12.0 Å². The van der Waals surface area contributed by atoms with Crippen LogP contribution < -0.4 is 10.1 Å². The van der Waals surface area contributed by atoms with Crippen molar-refractivity contribution < 1.29 is 14.3 Å². The van der Waals surface area contributed by atoms with E-state index in [4.69, 9.17) is 21.1 Å². The van der Waals surface area contributed by atoms with Gasteiger partial charge in [-0.15, -0.1) is 0 Å². The lowest BCUT2D eigenvalue weighted by Gasteiger charge is -2.11. The van der Waals surface area contributed by atoms with Gasteiger partial charge in [0.2, 0.25) is 0 Å². The molecule has 0 aromatic heterocycles. The molecule has 2 rings (SSSR count). The molecule has 1 saturated heterocycles. The number of carbonyl (C=O) groups is 1. The van der Waals surface area contributed by atoms with Crippen LogP contribution in [0.4, 0.5) is 0 Å². The van der Waals surface area contributed by atoms with Crippen molar-refractivity contribution in [2.75, 3.05) is 20.3 Å². The maximum Gasteiger partial charge on any atom is 0.254 e. The fraction of sp³-hybridized carbons (Fsp3) is 0.417. The van der Waals surface area contributed by atoms with Gasteiger partial charge in [0.05, 0.1) is 12.2 Å². The quantitative estimate of drug-likeness (QED) is 0.835. The van der Waals surface area contributed by atoms with Crippen LogP contribution in [-0.4, -0.2) is 32.3 Å². The molecule has 0 unspecified atom stereocenters. The van der Waals surface area contributed by atoms with E-state index >= 15 is 0 Å². The van der Waals surface area contributed by atoms with E-state index < -0.39 is 0 Å². The van der Waals surface area contributed by atoms with Crippen LogP contribution in [0.25, 0.3) is 0 Å². The van der Waals surface area contributed by atoms with Gasteiger partial charge in [-0.1, -0.05) is 11.6 Å². The van der Waals surface area contributed by atoms with Crippen LogP contribution in [-0.2, 0) is 4.74 Å². The van der Waals surface area contributed by atoms with Crippen LogP contribution in [0.15, 0.2) is 12.1 Å². The normalized spacial score (nSPS) is 17.7. The lowest BCUT2D eigenvalue weighted by atomic mass is 10.1. The van der Waals surface area contributed by atoms with Gasteiger partial charge in [-0.3, -0.25) is 4.79 Å². The second-order valence-electron chi connectivity index (χ2n) is 3.94. The molecule has 1 N–H and O–H groups in total. The minimum atomic E-state index is -0.210. The van der Waals surface area contributed by atoms with Gasteiger partial charge >= 0.3 is 0 Å². The van der Waals surface area contributed by atoms with Gasteiger partial charge < -0.3 is 14.8 Å². The summed E-state index contributed by atoms with van der Waals surface area (Å²) in [6, 6.07) is 3.40. The van der Waals surface area contributed by atoms with Gasteiger partial charge in [0.25, 0.3) is 5.91 Å². The Kier molecular flexibility index (Phi) is 3.54. The zero-order valence-corrected chi connectivity index (χ0v) is 10.5. The van der Waals surface area contributed by atoms with Crippen LogP contribution in [0.3, 0.4) is 0 Å². The number of benzene rings is 1. The summed E-state index contributed by atoms with van der Waals surface area (Å²) in [4.78, 5) is 11.7. The predicted molar refractivity (Wildman–Crippen MR) is 64.8 cm³/mol. The molecule has 1 aromatic rings. The molecule has 1 atom stereocenters. The number of carbonyl (C=O) groups excluding carboxylic acids is 1. The van der Waals surface area contributed by atoms with Gasteiger partial charge in [-0.25, -0.2) is 0 Å². The molecule has 0 bridgehead atoms. The van der Waals surface area contributed by atoms with E-state index in [1.807, 2.05) is 6.92 Å². The number of epoxide rings is 1. The molecule has 0 saturated carbocycles. The molecule has 0 spiro atoms. The molecule has 4 nitrogen and oxygen atoms in total. The van der Waals surface area contributed by atoms with Crippen LogP contribution >= 0.6 is 11.6 Å². The molecule has 92 valence electrons. The van der Waals surface area contributed by atoms with Gasteiger partial charge in [0.15, 0.2) is 0 Å². The number of ether oxygens (including phenoxy) is 2. The molecule has 1 aromatic carbocycles. The Morgan fingerprint density at radius 1 is 1.65 bits per heavy atom. The van der Waals surface area contributed by atoms with E-state index in [1.165, 1.54) is 0 Å². The Labute approximate surface area is 105 Å². The van der Waals surface area contributed by atoms with Crippen LogP contribution in [0.5, 0.6) is 5.75 Å². The summed E-state index contributed by atoms with van der Waals surface area (Å²) in [6.45, 7) is 3.06. The van der Waals surface area contributed by atoms with E-state index in [0.717, 1.165) is 12.2 Å². The van der Waals surface area contributed by atoms with Crippen molar-refractivity contribution in [1.29, 1.82) is 0 Å². The summed E-state index contributed by atoms with van der Waals surface area (Å²) in [6.07, 6.45) is 0.156. The maximum atomic E-state index is 11.7. The number of nitrogens with one attached hydrogen (secondary N) is 1. The molecule has 1 fully saturated rings. The molecule has 0 radical (unpaired) electrons. The monoisotopic (exact) mass is 255 g/mol. The average molecular weight is 256 g/mol. The first-order valence-corrected chi connectivity index (χ1v) is 5.76. The minimum absolute atomic E-state index is 0.156. The third-order valence-corrected chi connectivity index (χ3v) is 2.97. The predicted octanol–water partition coefficient (Wildman–Crippen LogP) is 1.79. The van der Waals surface area contributed by atoms with Crippen molar-refractivity contribution in [3.05, 3.63) is 28.3 Å². The molecule has 1 aliphatic heterocycles. The molecule has 1 heterocycles. The van der Waals surface area contributed by atoms with Crippen molar-refractivity contribution >= 4 is 17.5 Å². The number of hydrogen-bond donors (Lipinski definition) is 1. The zero-order valence-electron chi connectivity index (χ0n) is 9.75. The van der Waals surface area contributed by atoms with E-state index in [2.05, 4.69) is 5.32 Å².